The number of phosphoric ester groups is 2. The normalized spacial score (nSPS) is 14.2. The molecular formula is C73H138O17P2. The molecule has 17 nitrogen and oxygen atoms in total. The number of ether oxygens (including phenoxy) is 4. The van der Waals surface area contributed by atoms with E-state index in [4.69, 9.17) is 37.0 Å². The van der Waals surface area contributed by atoms with Gasteiger partial charge in [-0.05, 0) is 63.2 Å². The topological polar surface area (TPSA) is 237 Å². The van der Waals surface area contributed by atoms with E-state index < -0.39 is 97.5 Å². The molecule has 0 aliphatic rings. The molecule has 0 radical (unpaired) electrons. The zero-order valence-corrected chi connectivity index (χ0v) is 61.1. The summed E-state index contributed by atoms with van der Waals surface area (Å²) in [7, 11) is -9.91. The van der Waals surface area contributed by atoms with Crippen LogP contribution < -0.4 is 0 Å². The van der Waals surface area contributed by atoms with Gasteiger partial charge in [-0.1, -0.05) is 297 Å². The summed E-state index contributed by atoms with van der Waals surface area (Å²) < 4.78 is 68.3. The fraction of sp³-hybridized carbons (Fsp3) is 0.890. The van der Waals surface area contributed by atoms with Crippen LogP contribution in [-0.4, -0.2) is 96.7 Å². The van der Waals surface area contributed by atoms with Crippen LogP contribution in [0, 0.1) is 11.8 Å². The van der Waals surface area contributed by atoms with Gasteiger partial charge in [0, 0.05) is 25.7 Å². The van der Waals surface area contributed by atoms with Crippen molar-refractivity contribution in [1.82, 2.24) is 0 Å². The van der Waals surface area contributed by atoms with Gasteiger partial charge in [-0.15, -0.1) is 0 Å². The maximum absolute atomic E-state index is 13.0. The van der Waals surface area contributed by atoms with Crippen molar-refractivity contribution in [2.45, 2.75) is 368 Å². The minimum atomic E-state index is -4.96. The van der Waals surface area contributed by atoms with Crippen LogP contribution in [0.4, 0.5) is 0 Å². The highest BCUT2D eigenvalue weighted by atomic mass is 31.2. The van der Waals surface area contributed by atoms with Crippen LogP contribution in [0.2, 0.25) is 0 Å². The van der Waals surface area contributed by atoms with E-state index in [1.54, 1.807) is 0 Å². The van der Waals surface area contributed by atoms with Gasteiger partial charge in [-0.2, -0.15) is 0 Å². The van der Waals surface area contributed by atoms with Crippen molar-refractivity contribution < 1.29 is 80.2 Å². The van der Waals surface area contributed by atoms with Gasteiger partial charge in [0.05, 0.1) is 26.4 Å². The number of unbranched alkanes of at least 4 members (excludes halogenated alkanes) is 37. The summed E-state index contributed by atoms with van der Waals surface area (Å²) in [5.74, 6) is -0.643. The van der Waals surface area contributed by atoms with Gasteiger partial charge < -0.3 is 33.8 Å². The molecule has 0 bridgehead atoms. The molecular weight excluding hydrogens is 1210 g/mol. The van der Waals surface area contributed by atoms with Crippen LogP contribution in [0.15, 0.2) is 24.3 Å². The highest BCUT2D eigenvalue weighted by molar-refractivity contribution is 7.47. The van der Waals surface area contributed by atoms with Crippen LogP contribution in [0.1, 0.15) is 350 Å². The quantitative estimate of drug-likeness (QED) is 0.0169. The highest BCUT2D eigenvalue weighted by Crippen LogP contribution is 2.45. The molecule has 0 aliphatic heterocycles. The number of phosphoric acid groups is 2. The van der Waals surface area contributed by atoms with E-state index >= 15 is 0 Å². The number of carbonyl (C=O) groups is 4. The maximum atomic E-state index is 13.0. The van der Waals surface area contributed by atoms with Crippen LogP contribution in [-0.2, 0) is 65.4 Å². The SMILES string of the molecule is CCCCCC/C=C\C=C/CCCCCCCC(=O)OC[C@H](COP(=O)(O)OC[C@@H](O)COP(=O)(O)OC[C@@H](COC(=O)CCCCCCCCCCC)OC(=O)CCCCCCCCCCC(C)C)OC(=O)CCCCCCCCCCCCCCCCC(C)C. The second-order valence-electron chi connectivity index (χ2n) is 26.6. The molecule has 0 aliphatic carbocycles. The minimum Gasteiger partial charge on any atom is -0.462 e. The molecule has 19 heteroatoms. The minimum absolute atomic E-state index is 0.100. The lowest BCUT2D eigenvalue weighted by atomic mass is 10.0. The highest BCUT2D eigenvalue weighted by Gasteiger charge is 2.30. The largest absolute Gasteiger partial charge is 0.472 e. The van der Waals surface area contributed by atoms with Crippen molar-refractivity contribution >= 4 is 39.5 Å². The number of esters is 4. The van der Waals surface area contributed by atoms with E-state index in [9.17, 15) is 43.2 Å². The molecule has 0 amide bonds. The summed E-state index contributed by atoms with van der Waals surface area (Å²) in [4.78, 5) is 72.6. The Balaban J connectivity index is 5.27. The molecule has 92 heavy (non-hydrogen) atoms. The van der Waals surface area contributed by atoms with Crippen molar-refractivity contribution in [3.05, 3.63) is 24.3 Å². The fourth-order valence-corrected chi connectivity index (χ4v) is 12.2. The summed E-state index contributed by atoms with van der Waals surface area (Å²) in [6, 6.07) is 0. The van der Waals surface area contributed by atoms with Gasteiger partial charge in [0.25, 0.3) is 0 Å². The van der Waals surface area contributed by atoms with E-state index in [1.165, 1.54) is 148 Å². The average molecular weight is 1350 g/mol. The lowest BCUT2D eigenvalue weighted by molar-refractivity contribution is -0.161. The molecule has 0 rings (SSSR count). The second kappa shape index (κ2) is 64.5. The van der Waals surface area contributed by atoms with Crippen molar-refractivity contribution in [3.8, 4) is 0 Å². The number of allylic oxidation sites excluding steroid dienone is 4. The van der Waals surface area contributed by atoms with E-state index in [0.29, 0.717) is 25.7 Å². The zero-order chi connectivity index (χ0) is 67.9. The van der Waals surface area contributed by atoms with Gasteiger partial charge in [0.15, 0.2) is 12.2 Å². The summed E-state index contributed by atoms with van der Waals surface area (Å²) in [6.45, 7) is 9.47. The number of rotatable bonds is 70. The molecule has 2 unspecified atom stereocenters. The van der Waals surface area contributed by atoms with Crippen LogP contribution >= 0.6 is 15.6 Å². The summed E-state index contributed by atoms with van der Waals surface area (Å²) in [6.07, 6.45) is 53.6. The number of aliphatic hydroxyl groups excluding tert-OH is 1. The standard InChI is InChI=1S/C73H138O17P2/c1-7-9-11-13-15-17-18-19-20-24-27-31-38-44-50-56-71(76)84-62-68(89-72(77)57-51-45-39-32-28-25-22-21-23-26-30-35-41-47-53-65(3)4)63-87-91(79,80)85-59-67(74)60-86-92(81,82)88-64-69(61-83-70(75)55-49-43-37-29-16-14-12-10-8-2)90-73(78)58-52-46-40-34-33-36-42-48-54-66(5)6/h17-20,65-69,74H,7-16,21-64H2,1-6H3,(H,79,80)(H,81,82)/b18-17-,20-19-/t67-,68-,69-/m1/s1. The Hall–Kier alpha value is -2.46. The van der Waals surface area contributed by atoms with Crippen LogP contribution in [0.3, 0.4) is 0 Å². The van der Waals surface area contributed by atoms with Gasteiger partial charge in [0.1, 0.15) is 19.3 Å². The third-order valence-electron chi connectivity index (χ3n) is 16.3. The summed E-state index contributed by atoms with van der Waals surface area (Å²) >= 11 is 0. The van der Waals surface area contributed by atoms with Gasteiger partial charge >= 0.3 is 39.5 Å². The molecule has 3 N–H and O–H groups in total. The molecule has 0 saturated heterocycles. The predicted molar refractivity (Wildman–Crippen MR) is 372 cm³/mol. The van der Waals surface area contributed by atoms with E-state index in [2.05, 4.69) is 65.8 Å². The van der Waals surface area contributed by atoms with E-state index in [-0.39, 0.29) is 25.7 Å². The number of aliphatic hydroxyl groups is 1. The summed E-state index contributed by atoms with van der Waals surface area (Å²) in [5.41, 5.74) is 0. The van der Waals surface area contributed by atoms with Crippen LogP contribution in [0.5, 0.6) is 0 Å². The molecule has 0 aromatic rings. The first-order chi connectivity index (χ1) is 44.4. The first-order valence-electron chi connectivity index (χ1n) is 37.3. The Bertz CT molecular complexity index is 1880. The van der Waals surface area contributed by atoms with Gasteiger partial charge in [0.2, 0.25) is 0 Å². The fourth-order valence-electron chi connectivity index (χ4n) is 10.6. The Morgan fingerprint density at radius 1 is 0.337 bits per heavy atom. The second-order valence-corrected chi connectivity index (χ2v) is 29.5. The Labute approximate surface area is 561 Å². The zero-order valence-electron chi connectivity index (χ0n) is 59.3. The van der Waals surface area contributed by atoms with Crippen molar-refractivity contribution in [2.75, 3.05) is 39.6 Å². The third-order valence-corrected chi connectivity index (χ3v) is 18.2. The van der Waals surface area contributed by atoms with E-state index in [0.717, 1.165) is 121 Å². The third kappa shape index (κ3) is 66.2. The molecule has 5 atom stereocenters. The molecule has 0 saturated carbocycles. The molecule has 0 spiro atoms. The number of hydrogen-bond donors (Lipinski definition) is 3. The Morgan fingerprint density at radius 3 is 0.891 bits per heavy atom. The molecule has 0 aromatic heterocycles. The predicted octanol–water partition coefficient (Wildman–Crippen LogP) is 20.7. The molecule has 0 fully saturated rings. The lowest BCUT2D eigenvalue weighted by Gasteiger charge is -2.21. The van der Waals surface area contributed by atoms with Crippen molar-refractivity contribution in [2.24, 2.45) is 11.8 Å². The van der Waals surface area contributed by atoms with Crippen molar-refractivity contribution in [3.63, 3.8) is 0 Å². The van der Waals surface area contributed by atoms with Gasteiger partial charge in [-0.3, -0.25) is 37.3 Å². The van der Waals surface area contributed by atoms with E-state index in [1.807, 2.05) is 0 Å². The molecule has 0 aromatic carbocycles. The Morgan fingerprint density at radius 2 is 0.587 bits per heavy atom. The summed E-state index contributed by atoms with van der Waals surface area (Å²) in [5, 5.41) is 10.6. The van der Waals surface area contributed by atoms with Crippen LogP contribution in [0.25, 0.3) is 0 Å². The lowest BCUT2D eigenvalue weighted by Crippen LogP contribution is -2.30. The monoisotopic (exact) mass is 1350 g/mol. The van der Waals surface area contributed by atoms with Crippen molar-refractivity contribution in [1.29, 1.82) is 0 Å². The first kappa shape index (κ1) is 89.5. The molecule has 542 valence electrons. The number of hydrogen-bond acceptors (Lipinski definition) is 15. The molecule has 0 heterocycles. The smallest absolute Gasteiger partial charge is 0.462 e. The average Bonchev–Trinajstić information content (AvgIpc) is 1.79. The first-order valence-corrected chi connectivity index (χ1v) is 40.3. The maximum Gasteiger partial charge on any atom is 0.472 e. The number of carbonyl (C=O) groups excluding carboxylic acids is 4. The Kier molecular flexibility index (Phi) is 62.8. The van der Waals surface area contributed by atoms with Gasteiger partial charge in [-0.25, -0.2) is 9.13 Å².